The number of anilines is 2. The third kappa shape index (κ3) is 2.19. The van der Waals surface area contributed by atoms with Gasteiger partial charge >= 0.3 is 0 Å². The summed E-state index contributed by atoms with van der Waals surface area (Å²) in [5, 5.41) is 9.47. The molecule has 5 nitrogen and oxygen atoms in total. The van der Waals surface area contributed by atoms with Gasteiger partial charge in [0.2, 0.25) is 0 Å². The maximum absolute atomic E-state index is 5.79. The number of hydrogen-bond acceptors (Lipinski definition) is 4. The molecule has 1 aliphatic rings. The molecule has 2 aromatic carbocycles. The summed E-state index contributed by atoms with van der Waals surface area (Å²) in [5.41, 5.74) is 8.72. The van der Waals surface area contributed by atoms with Crippen LogP contribution in [0.5, 0.6) is 0 Å². The Morgan fingerprint density at radius 3 is 2.45 bits per heavy atom. The normalized spacial score (nSPS) is 15.4. The lowest BCUT2D eigenvalue weighted by Crippen LogP contribution is -2.43. The highest BCUT2D eigenvalue weighted by Crippen LogP contribution is 2.28. The highest BCUT2D eigenvalue weighted by Gasteiger charge is 2.18. The van der Waals surface area contributed by atoms with Crippen LogP contribution in [0.1, 0.15) is 0 Å². The molecule has 22 heavy (non-hydrogen) atoms. The number of para-hydroxylation sites is 1. The molecule has 0 saturated carbocycles. The molecular weight excluding hydrogens is 274 g/mol. The molecule has 0 radical (unpaired) electrons. The van der Waals surface area contributed by atoms with E-state index in [1.165, 1.54) is 5.39 Å². The van der Waals surface area contributed by atoms with Gasteiger partial charge in [0, 0.05) is 37.3 Å². The number of benzene rings is 2. The zero-order valence-corrected chi connectivity index (χ0v) is 12.4. The van der Waals surface area contributed by atoms with Gasteiger partial charge in [-0.2, -0.15) is 0 Å². The van der Waals surface area contributed by atoms with Crippen molar-refractivity contribution in [1.82, 2.24) is 15.1 Å². The second-order valence-corrected chi connectivity index (χ2v) is 5.58. The fraction of sp³-hybridized carbons (Fsp3) is 0.235. The van der Waals surface area contributed by atoms with Gasteiger partial charge in [-0.15, -0.1) is 5.10 Å². The summed E-state index contributed by atoms with van der Waals surface area (Å²) < 4.78 is 2.01. The van der Waals surface area contributed by atoms with E-state index in [9.17, 15) is 0 Å². The van der Waals surface area contributed by atoms with Gasteiger partial charge in [0.05, 0.1) is 11.2 Å². The van der Waals surface area contributed by atoms with Crippen molar-refractivity contribution >= 4 is 22.4 Å². The number of rotatable bonds is 2. The van der Waals surface area contributed by atoms with Crippen LogP contribution in [-0.4, -0.2) is 36.0 Å². The molecule has 1 aliphatic heterocycles. The summed E-state index contributed by atoms with van der Waals surface area (Å²) in [4.78, 5) is 2.35. The third-order valence-electron chi connectivity index (χ3n) is 4.12. The molecule has 3 N–H and O–H groups in total. The van der Waals surface area contributed by atoms with Crippen LogP contribution in [0, 0.1) is 0 Å². The third-order valence-corrected chi connectivity index (χ3v) is 4.12. The van der Waals surface area contributed by atoms with Gasteiger partial charge in [0.25, 0.3) is 0 Å². The quantitative estimate of drug-likeness (QED) is 0.710. The van der Waals surface area contributed by atoms with Crippen LogP contribution in [0.2, 0.25) is 0 Å². The topological polar surface area (TPSA) is 59.1 Å². The summed E-state index contributed by atoms with van der Waals surface area (Å²) >= 11 is 0. The summed E-state index contributed by atoms with van der Waals surface area (Å²) in [6.07, 6.45) is 0. The minimum atomic E-state index is 0.766. The summed E-state index contributed by atoms with van der Waals surface area (Å²) in [6, 6.07) is 16.2. The summed E-state index contributed by atoms with van der Waals surface area (Å²) in [6.45, 7) is 3.98. The largest absolute Gasteiger partial charge is 0.399 e. The number of nitrogens with two attached hydrogens (primary N) is 1. The number of aromatic nitrogens is 2. The van der Waals surface area contributed by atoms with Crippen molar-refractivity contribution in [2.24, 2.45) is 0 Å². The fourth-order valence-corrected chi connectivity index (χ4v) is 2.97. The van der Waals surface area contributed by atoms with Crippen molar-refractivity contribution in [3.05, 3.63) is 48.5 Å². The molecule has 5 heteroatoms. The SMILES string of the molecule is Nc1ccc(-n2nc(N3CCNCC3)c3ccccc32)cc1. The standard InChI is InChI=1S/C17H19N5/c18-13-5-7-14(8-6-13)22-16-4-2-1-3-15(16)17(20-22)21-11-9-19-10-12-21/h1-8,19H,9-12,18H2. The zero-order valence-electron chi connectivity index (χ0n) is 12.4. The fourth-order valence-electron chi connectivity index (χ4n) is 2.97. The number of hydrogen-bond donors (Lipinski definition) is 2. The molecule has 0 unspecified atom stereocenters. The number of fused-ring (bicyclic) bond motifs is 1. The molecule has 1 saturated heterocycles. The molecule has 0 atom stereocenters. The molecular formula is C17H19N5. The van der Waals surface area contributed by atoms with E-state index in [0.717, 1.165) is 48.9 Å². The molecule has 0 bridgehead atoms. The molecule has 1 aromatic heterocycles. The monoisotopic (exact) mass is 293 g/mol. The van der Waals surface area contributed by atoms with Crippen LogP contribution >= 0.6 is 0 Å². The van der Waals surface area contributed by atoms with Crippen LogP contribution < -0.4 is 16.0 Å². The Labute approximate surface area is 129 Å². The van der Waals surface area contributed by atoms with Crippen LogP contribution in [0.25, 0.3) is 16.6 Å². The number of piperazine rings is 1. The van der Waals surface area contributed by atoms with E-state index >= 15 is 0 Å². The average Bonchev–Trinajstić information content (AvgIpc) is 2.96. The first-order valence-electron chi connectivity index (χ1n) is 7.62. The van der Waals surface area contributed by atoms with E-state index in [1.54, 1.807) is 0 Å². The van der Waals surface area contributed by atoms with Gasteiger partial charge in [-0.3, -0.25) is 0 Å². The molecule has 3 aromatic rings. The minimum Gasteiger partial charge on any atom is -0.399 e. The molecule has 1 fully saturated rings. The van der Waals surface area contributed by atoms with Gasteiger partial charge < -0.3 is 16.0 Å². The lowest BCUT2D eigenvalue weighted by atomic mass is 10.2. The first kappa shape index (κ1) is 13.2. The van der Waals surface area contributed by atoms with Crippen LogP contribution in [0.15, 0.2) is 48.5 Å². The van der Waals surface area contributed by atoms with E-state index in [4.69, 9.17) is 10.8 Å². The van der Waals surface area contributed by atoms with Crippen LogP contribution in [-0.2, 0) is 0 Å². The Balaban J connectivity index is 1.86. The first-order valence-corrected chi connectivity index (χ1v) is 7.62. The Kier molecular flexibility index (Phi) is 3.20. The molecule has 0 spiro atoms. The van der Waals surface area contributed by atoms with E-state index in [-0.39, 0.29) is 0 Å². The highest BCUT2D eigenvalue weighted by atomic mass is 15.4. The molecule has 112 valence electrons. The smallest absolute Gasteiger partial charge is 0.159 e. The van der Waals surface area contributed by atoms with E-state index in [1.807, 2.05) is 28.9 Å². The second kappa shape index (κ2) is 5.35. The van der Waals surface area contributed by atoms with E-state index in [2.05, 4.69) is 34.5 Å². The van der Waals surface area contributed by atoms with Crippen molar-refractivity contribution in [3.8, 4) is 5.69 Å². The maximum Gasteiger partial charge on any atom is 0.159 e. The van der Waals surface area contributed by atoms with E-state index in [0.29, 0.717) is 0 Å². The van der Waals surface area contributed by atoms with Gasteiger partial charge in [-0.1, -0.05) is 12.1 Å². The first-order chi connectivity index (χ1) is 10.8. The molecule has 4 rings (SSSR count). The number of nitrogens with zero attached hydrogens (tertiary/aromatic N) is 3. The Bertz CT molecular complexity index is 784. The van der Waals surface area contributed by atoms with Crippen molar-refractivity contribution in [1.29, 1.82) is 0 Å². The zero-order chi connectivity index (χ0) is 14.9. The second-order valence-electron chi connectivity index (χ2n) is 5.58. The summed E-state index contributed by atoms with van der Waals surface area (Å²) in [5.74, 6) is 1.06. The highest BCUT2D eigenvalue weighted by molar-refractivity contribution is 5.91. The average molecular weight is 293 g/mol. The Hall–Kier alpha value is -2.53. The van der Waals surface area contributed by atoms with Gasteiger partial charge in [-0.25, -0.2) is 4.68 Å². The predicted molar refractivity (Wildman–Crippen MR) is 90.6 cm³/mol. The minimum absolute atomic E-state index is 0.766. The van der Waals surface area contributed by atoms with Crippen molar-refractivity contribution in [2.45, 2.75) is 0 Å². The predicted octanol–water partition coefficient (Wildman–Crippen LogP) is 2.02. The van der Waals surface area contributed by atoms with Crippen LogP contribution in [0.3, 0.4) is 0 Å². The lowest BCUT2D eigenvalue weighted by Gasteiger charge is -2.27. The van der Waals surface area contributed by atoms with Crippen molar-refractivity contribution < 1.29 is 0 Å². The van der Waals surface area contributed by atoms with Crippen molar-refractivity contribution in [3.63, 3.8) is 0 Å². The van der Waals surface area contributed by atoms with Crippen molar-refractivity contribution in [2.75, 3.05) is 36.8 Å². The lowest BCUT2D eigenvalue weighted by molar-refractivity contribution is 0.584. The molecule has 2 heterocycles. The Morgan fingerprint density at radius 2 is 1.68 bits per heavy atom. The maximum atomic E-state index is 5.79. The molecule has 0 amide bonds. The number of nitrogens with one attached hydrogen (secondary N) is 1. The van der Waals surface area contributed by atoms with Gasteiger partial charge in [-0.05, 0) is 36.4 Å². The van der Waals surface area contributed by atoms with Gasteiger partial charge in [0.1, 0.15) is 0 Å². The van der Waals surface area contributed by atoms with Crippen LogP contribution in [0.4, 0.5) is 11.5 Å². The van der Waals surface area contributed by atoms with E-state index < -0.39 is 0 Å². The Morgan fingerprint density at radius 1 is 0.955 bits per heavy atom. The number of nitrogen functional groups attached to an aromatic ring is 1. The summed E-state index contributed by atoms with van der Waals surface area (Å²) in [7, 11) is 0. The van der Waals surface area contributed by atoms with Gasteiger partial charge in [0.15, 0.2) is 5.82 Å². The molecule has 0 aliphatic carbocycles.